The Kier molecular flexibility index (Phi) is 4.45. The molecule has 128 valence electrons. The Hall–Kier alpha value is -2.14. The summed E-state index contributed by atoms with van der Waals surface area (Å²) >= 11 is 6.52. The van der Waals surface area contributed by atoms with E-state index in [1.54, 1.807) is 27.4 Å². The smallest absolute Gasteiger partial charge is 0.167 e. The fourth-order valence-electron chi connectivity index (χ4n) is 3.32. The van der Waals surface area contributed by atoms with Crippen LogP contribution in [0.5, 0.6) is 23.0 Å². The van der Waals surface area contributed by atoms with Gasteiger partial charge in [-0.2, -0.15) is 0 Å². The fraction of sp³-hybridized carbons (Fsp3) is 0.389. The molecule has 1 aliphatic carbocycles. The maximum atomic E-state index is 12.6. The molecule has 0 radical (unpaired) electrons. The van der Waals surface area contributed by atoms with Crippen LogP contribution in [0.3, 0.4) is 0 Å². The normalized spacial score (nSPS) is 16.7. The lowest BCUT2D eigenvalue weighted by molar-refractivity contribution is 0.0967. The van der Waals surface area contributed by atoms with Crippen LogP contribution in [0.1, 0.15) is 34.1 Å². The van der Waals surface area contributed by atoms with Crippen LogP contribution in [-0.2, 0) is 0 Å². The largest absolute Gasteiger partial charge is 0.497 e. The molecule has 2 aromatic rings. The molecule has 0 bridgehead atoms. The Bertz CT molecular complexity index is 815. The summed E-state index contributed by atoms with van der Waals surface area (Å²) in [5.41, 5.74) is 1.16. The van der Waals surface area contributed by atoms with Crippen molar-refractivity contribution in [1.29, 1.82) is 0 Å². The van der Waals surface area contributed by atoms with Crippen molar-refractivity contribution in [1.82, 2.24) is 0 Å². The van der Waals surface area contributed by atoms with Crippen molar-refractivity contribution >= 4 is 28.2 Å². The second kappa shape index (κ2) is 6.40. The summed E-state index contributed by atoms with van der Waals surface area (Å²) in [7, 11) is 6.24. The van der Waals surface area contributed by atoms with Crippen LogP contribution in [0, 0.1) is 0 Å². The third-order valence-corrected chi connectivity index (χ3v) is 4.81. The summed E-state index contributed by atoms with van der Waals surface area (Å²) in [5.74, 6) is 2.19. The number of methoxy groups -OCH3 is 4. The number of hydrogen-bond acceptors (Lipinski definition) is 5. The van der Waals surface area contributed by atoms with Gasteiger partial charge >= 0.3 is 0 Å². The van der Waals surface area contributed by atoms with Crippen molar-refractivity contribution < 1.29 is 23.7 Å². The number of hydrogen-bond donors (Lipinski definition) is 0. The number of benzene rings is 2. The zero-order valence-corrected chi connectivity index (χ0v) is 14.8. The lowest BCUT2D eigenvalue weighted by Gasteiger charge is -2.27. The molecule has 1 unspecified atom stereocenters. The first-order chi connectivity index (χ1) is 11.6. The van der Waals surface area contributed by atoms with E-state index in [4.69, 9.17) is 30.5 Å². The standard InChI is InChI=1S/C18H19ClO5/c1-21-9-7-10-14(13(8-9)22-2)18(24-4)16-12(20)6-5-11(19)15(16)17(10)23-3/h7-8,11H,5-6H2,1-4H3. The number of carbonyl (C=O) groups is 1. The summed E-state index contributed by atoms with van der Waals surface area (Å²) in [6, 6.07) is 3.59. The molecule has 0 N–H and O–H groups in total. The van der Waals surface area contributed by atoms with Gasteiger partial charge in [0.15, 0.2) is 5.78 Å². The van der Waals surface area contributed by atoms with E-state index < -0.39 is 0 Å². The number of fused-ring (bicyclic) bond motifs is 2. The number of carbonyl (C=O) groups excluding carboxylic acids is 1. The van der Waals surface area contributed by atoms with Crippen LogP contribution in [0.25, 0.3) is 10.8 Å². The highest BCUT2D eigenvalue weighted by Gasteiger charge is 2.34. The Labute approximate surface area is 145 Å². The Morgan fingerprint density at radius 2 is 1.71 bits per heavy atom. The summed E-state index contributed by atoms with van der Waals surface area (Å²) < 4.78 is 22.1. The Balaban J connectivity index is 2.55. The van der Waals surface area contributed by atoms with Gasteiger partial charge in [0.05, 0.1) is 44.8 Å². The van der Waals surface area contributed by atoms with Crippen LogP contribution in [0.4, 0.5) is 0 Å². The van der Waals surface area contributed by atoms with Crippen LogP contribution in [0.2, 0.25) is 0 Å². The maximum absolute atomic E-state index is 12.6. The van der Waals surface area contributed by atoms with Gasteiger partial charge in [-0.3, -0.25) is 4.79 Å². The van der Waals surface area contributed by atoms with E-state index in [1.165, 1.54) is 7.11 Å². The van der Waals surface area contributed by atoms with Crippen molar-refractivity contribution in [3.05, 3.63) is 23.3 Å². The third-order valence-electron chi connectivity index (χ3n) is 4.37. The van der Waals surface area contributed by atoms with Crippen molar-refractivity contribution in [3.63, 3.8) is 0 Å². The molecular weight excluding hydrogens is 332 g/mol. The van der Waals surface area contributed by atoms with E-state index >= 15 is 0 Å². The molecule has 24 heavy (non-hydrogen) atoms. The predicted molar refractivity (Wildman–Crippen MR) is 92.3 cm³/mol. The van der Waals surface area contributed by atoms with E-state index in [9.17, 15) is 4.79 Å². The Morgan fingerprint density at radius 1 is 1.00 bits per heavy atom. The molecule has 0 saturated carbocycles. The van der Waals surface area contributed by atoms with E-state index in [2.05, 4.69) is 0 Å². The molecule has 0 aliphatic heterocycles. The first-order valence-electron chi connectivity index (χ1n) is 7.58. The monoisotopic (exact) mass is 350 g/mol. The first-order valence-corrected chi connectivity index (χ1v) is 8.01. The number of ether oxygens (including phenoxy) is 4. The maximum Gasteiger partial charge on any atom is 0.167 e. The molecule has 0 amide bonds. The SMILES string of the molecule is COc1cc(OC)c2c(OC)c3c(c(OC)c2c1)C(Cl)CCC3=O. The van der Waals surface area contributed by atoms with Crippen molar-refractivity contribution in [3.8, 4) is 23.0 Å². The molecule has 0 spiro atoms. The fourth-order valence-corrected chi connectivity index (χ4v) is 3.63. The number of halogens is 1. The van der Waals surface area contributed by atoms with Gasteiger partial charge < -0.3 is 18.9 Å². The molecule has 6 heteroatoms. The highest BCUT2D eigenvalue weighted by atomic mass is 35.5. The van der Waals surface area contributed by atoms with Crippen molar-refractivity contribution in [2.24, 2.45) is 0 Å². The highest BCUT2D eigenvalue weighted by Crippen LogP contribution is 2.52. The van der Waals surface area contributed by atoms with Crippen LogP contribution >= 0.6 is 11.6 Å². The van der Waals surface area contributed by atoms with Crippen molar-refractivity contribution in [2.45, 2.75) is 18.2 Å². The molecule has 0 saturated heterocycles. The van der Waals surface area contributed by atoms with Gasteiger partial charge in [-0.1, -0.05) is 0 Å². The second-order valence-corrected chi connectivity index (χ2v) is 6.06. The summed E-state index contributed by atoms with van der Waals surface area (Å²) in [5, 5.41) is 1.10. The zero-order valence-electron chi connectivity index (χ0n) is 14.1. The predicted octanol–water partition coefficient (Wildman–Crippen LogP) is 4.13. The number of alkyl halides is 1. The highest BCUT2D eigenvalue weighted by molar-refractivity contribution is 6.24. The number of ketones is 1. The van der Waals surface area contributed by atoms with Gasteiger partial charge in [-0.05, 0) is 12.5 Å². The van der Waals surface area contributed by atoms with Gasteiger partial charge in [-0.25, -0.2) is 0 Å². The van der Waals surface area contributed by atoms with E-state index in [-0.39, 0.29) is 11.2 Å². The summed E-state index contributed by atoms with van der Waals surface area (Å²) in [4.78, 5) is 12.6. The average molecular weight is 351 g/mol. The van der Waals surface area contributed by atoms with Crippen molar-refractivity contribution in [2.75, 3.05) is 28.4 Å². The van der Waals surface area contributed by atoms with Gasteiger partial charge in [0.25, 0.3) is 0 Å². The molecule has 0 heterocycles. The minimum atomic E-state index is -0.317. The second-order valence-electron chi connectivity index (χ2n) is 5.54. The molecule has 5 nitrogen and oxygen atoms in total. The summed E-state index contributed by atoms with van der Waals surface area (Å²) in [6.07, 6.45) is 0.949. The average Bonchev–Trinajstić information content (AvgIpc) is 2.61. The van der Waals surface area contributed by atoms with Crippen LogP contribution < -0.4 is 18.9 Å². The summed E-state index contributed by atoms with van der Waals surface area (Å²) in [6.45, 7) is 0. The van der Waals surface area contributed by atoms with E-state index in [0.717, 1.165) is 5.39 Å². The molecule has 0 fully saturated rings. The molecular formula is C18H19ClO5. The van der Waals surface area contributed by atoms with Crippen LogP contribution in [-0.4, -0.2) is 34.2 Å². The van der Waals surface area contributed by atoms with Gasteiger partial charge in [-0.15, -0.1) is 11.6 Å². The lowest BCUT2D eigenvalue weighted by Crippen LogP contribution is -2.16. The Morgan fingerprint density at radius 3 is 2.29 bits per heavy atom. The van der Waals surface area contributed by atoms with Gasteiger partial charge in [0.1, 0.15) is 23.0 Å². The van der Waals surface area contributed by atoms with Crippen LogP contribution in [0.15, 0.2) is 12.1 Å². The molecule has 1 aliphatic rings. The van der Waals surface area contributed by atoms with E-state index in [0.29, 0.717) is 52.4 Å². The molecule has 2 aromatic carbocycles. The third kappa shape index (κ3) is 2.35. The molecule has 3 rings (SSSR count). The number of rotatable bonds is 4. The molecule has 0 aromatic heterocycles. The first kappa shape index (κ1) is 16.7. The minimum Gasteiger partial charge on any atom is -0.497 e. The van der Waals surface area contributed by atoms with E-state index in [1.807, 2.05) is 6.07 Å². The minimum absolute atomic E-state index is 0.00294. The number of Topliss-reactive ketones (excluding diaryl/α,β-unsaturated/α-hetero) is 1. The quantitative estimate of drug-likeness (QED) is 0.776. The molecule has 1 atom stereocenters. The van der Waals surface area contributed by atoms with Gasteiger partial charge in [0.2, 0.25) is 0 Å². The van der Waals surface area contributed by atoms with Gasteiger partial charge in [0, 0.05) is 23.4 Å². The topological polar surface area (TPSA) is 54.0 Å². The zero-order chi connectivity index (χ0) is 17.4. The lowest BCUT2D eigenvalue weighted by atomic mass is 9.85.